The Bertz CT molecular complexity index is 609. The average molecular weight is 379 g/mol. The molecule has 1 aromatic rings. The summed E-state index contributed by atoms with van der Waals surface area (Å²) in [7, 11) is 1.97. The summed E-state index contributed by atoms with van der Waals surface area (Å²) in [5, 5.41) is 12.0. The number of hydrogen-bond donors (Lipinski definition) is 1. The van der Waals surface area contributed by atoms with E-state index in [1.807, 2.05) is 19.2 Å². The first-order valence-electron chi connectivity index (χ1n) is 8.51. The van der Waals surface area contributed by atoms with Crippen LogP contribution >= 0.6 is 23.2 Å². The Labute approximate surface area is 152 Å². The highest BCUT2D eigenvalue weighted by molar-refractivity contribution is 6.42. The molecular weight excluding hydrogens is 355 g/mol. The second-order valence-electron chi connectivity index (χ2n) is 7.76. The molecule has 6 heteroatoms. The van der Waals surface area contributed by atoms with Gasteiger partial charge in [0.15, 0.2) is 0 Å². The topological polar surface area (TPSA) is 20.2 Å². The van der Waals surface area contributed by atoms with Crippen molar-refractivity contribution >= 4 is 23.2 Å². The molecule has 0 bridgehead atoms. The smallest absolute Gasteiger partial charge is 0.258 e. The van der Waals surface area contributed by atoms with Crippen molar-refractivity contribution in [3.8, 4) is 0 Å². The maximum atomic E-state index is 13.4. The summed E-state index contributed by atoms with van der Waals surface area (Å²) in [6, 6.07) is 5.54. The molecule has 1 aromatic carbocycles. The minimum Gasteiger partial charge on any atom is -0.386 e. The van der Waals surface area contributed by atoms with Crippen molar-refractivity contribution in [3.63, 3.8) is 0 Å². The van der Waals surface area contributed by atoms with Crippen LogP contribution in [0.2, 0.25) is 10.0 Å². The van der Waals surface area contributed by atoms with Crippen LogP contribution in [-0.2, 0) is 5.41 Å². The van der Waals surface area contributed by atoms with E-state index in [9.17, 15) is 13.9 Å². The van der Waals surface area contributed by atoms with E-state index in [1.165, 1.54) is 0 Å². The minimum absolute atomic E-state index is 0.101. The summed E-state index contributed by atoms with van der Waals surface area (Å²) < 4.78 is 27.4. The Hall–Kier alpha value is -0.420. The zero-order valence-electron chi connectivity index (χ0n) is 13.9. The Morgan fingerprint density at radius 1 is 1.12 bits per heavy atom. The molecule has 0 radical (unpaired) electrons. The standard InChI is InChI=1S/C18H24Cl2F2NO/c1-23(9-7-18(21,22)8-10-23)12-16(24)17(5-2-6-17)13-3-4-14(19)15(20)11-13/h3-4,11,16,24H,2,5-10,12H2,1H3/q+1. The first-order chi connectivity index (χ1) is 11.2. The molecule has 2 nitrogen and oxygen atoms in total. The molecule has 1 aliphatic heterocycles. The first kappa shape index (κ1) is 18.4. The van der Waals surface area contributed by atoms with Gasteiger partial charge in [0.1, 0.15) is 12.6 Å². The number of nitrogens with zero attached hydrogens (tertiary/aromatic N) is 1. The first-order valence-corrected chi connectivity index (χ1v) is 9.27. The third kappa shape index (κ3) is 3.44. The van der Waals surface area contributed by atoms with Gasteiger partial charge in [-0.15, -0.1) is 0 Å². The van der Waals surface area contributed by atoms with Crippen molar-refractivity contribution in [2.45, 2.75) is 49.5 Å². The molecule has 1 unspecified atom stereocenters. The molecule has 134 valence electrons. The van der Waals surface area contributed by atoms with Gasteiger partial charge in [-0.2, -0.15) is 0 Å². The van der Waals surface area contributed by atoms with E-state index in [4.69, 9.17) is 23.2 Å². The van der Waals surface area contributed by atoms with Crippen LogP contribution in [-0.4, -0.2) is 48.3 Å². The molecule has 2 aliphatic rings. The minimum atomic E-state index is -2.55. The second kappa shape index (κ2) is 6.39. The zero-order chi connectivity index (χ0) is 17.6. The molecule has 24 heavy (non-hydrogen) atoms. The zero-order valence-corrected chi connectivity index (χ0v) is 15.4. The number of hydrogen-bond acceptors (Lipinski definition) is 1. The number of aliphatic hydroxyl groups is 1. The fourth-order valence-corrected chi connectivity index (χ4v) is 4.35. The van der Waals surface area contributed by atoms with E-state index in [0.717, 1.165) is 24.8 Å². The number of likely N-dealkylation sites (N-methyl/N-ethyl adjacent to an activating group) is 1. The van der Waals surface area contributed by atoms with Gasteiger partial charge in [0, 0.05) is 5.41 Å². The van der Waals surface area contributed by atoms with Crippen molar-refractivity contribution in [3.05, 3.63) is 33.8 Å². The molecule has 1 atom stereocenters. The lowest BCUT2D eigenvalue weighted by Gasteiger charge is -2.50. The van der Waals surface area contributed by atoms with Gasteiger partial charge in [0.2, 0.25) is 0 Å². The maximum absolute atomic E-state index is 13.4. The van der Waals surface area contributed by atoms with Gasteiger partial charge in [0.05, 0.1) is 43.0 Å². The molecule has 0 amide bonds. The lowest BCUT2D eigenvalue weighted by Crippen LogP contribution is -2.60. The van der Waals surface area contributed by atoms with Crippen molar-refractivity contribution in [1.29, 1.82) is 0 Å². The number of benzene rings is 1. The summed E-state index contributed by atoms with van der Waals surface area (Å²) in [5.41, 5.74) is 0.680. The molecular formula is C18H24Cl2F2NO+. The highest BCUT2D eigenvalue weighted by Crippen LogP contribution is 2.48. The Morgan fingerprint density at radius 2 is 1.75 bits per heavy atom. The van der Waals surface area contributed by atoms with Crippen molar-refractivity contribution in [2.24, 2.45) is 0 Å². The predicted molar refractivity (Wildman–Crippen MR) is 93.0 cm³/mol. The normalized spacial score (nSPS) is 25.8. The number of quaternary nitrogens is 1. The van der Waals surface area contributed by atoms with Crippen LogP contribution in [0.3, 0.4) is 0 Å². The molecule has 0 aromatic heterocycles. The highest BCUT2D eigenvalue weighted by Gasteiger charge is 2.49. The lowest BCUT2D eigenvalue weighted by molar-refractivity contribution is -0.920. The highest BCUT2D eigenvalue weighted by atomic mass is 35.5. The van der Waals surface area contributed by atoms with E-state index in [1.54, 1.807) is 6.07 Å². The predicted octanol–water partition coefficient (Wildman–Crippen LogP) is 4.65. The van der Waals surface area contributed by atoms with Crippen LogP contribution < -0.4 is 0 Å². The van der Waals surface area contributed by atoms with Crippen LogP contribution in [0.5, 0.6) is 0 Å². The van der Waals surface area contributed by atoms with Crippen LogP contribution in [0.1, 0.15) is 37.7 Å². The summed E-state index contributed by atoms with van der Waals surface area (Å²) in [5.74, 6) is -2.55. The molecule has 2 fully saturated rings. The Morgan fingerprint density at radius 3 is 2.25 bits per heavy atom. The van der Waals surface area contributed by atoms with Gasteiger partial charge in [0.25, 0.3) is 5.92 Å². The van der Waals surface area contributed by atoms with Gasteiger partial charge in [-0.25, -0.2) is 8.78 Å². The molecule has 1 saturated heterocycles. The van der Waals surface area contributed by atoms with Gasteiger partial charge < -0.3 is 9.59 Å². The molecule has 1 N–H and O–H groups in total. The number of rotatable bonds is 4. The quantitative estimate of drug-likeness (QED) is 0.755. The number of aliphatic hydroxyl groups excluding tert-OH is 1. The molecule has 0 spiro atoms. The Balaban J connectivity index is 1.77. The van der Waals surface area contributed by atoms with E-state index >= 15 is 0 Å². The third-order valence-corrected chi connectivity index (χ3v) is 6.77. The fraction of sp³-hybridized carbons (Fsp3) is 0.667. The number of alkyl halides is 2. The van der Waals surface area contributed by atoms with Crippen LogP contribution in [0.4, 0.5) is 8.78 Å². The fourth-order valence-electron chi connectivity index (χ4n) is 4.06. The second-order valence-corrected chi connectivity index (χ2v) is 8.57. The van der Waals surface area contributed by atoms with Crippen LogP contribution in [0, 0.1) is 0 Å². The van der Waals surface area contributed by atoms with Crippen molar-refractivity contribution < 1.29 is 18.4 Å². The third-order valence-electron chi connectivity index (χ3n) is 6.03. The number of likely N-dealkylation sites (tertiary alicyclic amines) is 1. The number of halogens is 4. The molecule has 3 rings (SSSR count). The molecule has 1 aliphatic carbocycles. The van der Waals surface area contributed by atoms with Crippen molar-refractivity contribution in [1.82, 2.24) is 0 Å². The van der Waals surface area contributed by atoms with Crippen molar-refractivity contribution in [2.75, 3.05) is 26.7 Å². The summed E-state index contributed by atoms with van der Waals surface area (Å²) in [4.78, 5) is 0. The Kier molecular flexibility index (Phi) is 4.89. The maximum Gasteiger partial charge on any atom is 0.258 e. The van der Waals surface area contributed by atoms with Gasteiger partial charge in [-0.3, -0.25) is 0 Å². The SMILES string of the molecule is C[N+]1(CC(O)C2(c3ccc(Cl)c(Cl)c3)CCC2)CCC(F)(F)CC1. The average Bonchev–Trinajstić information content (AvgIpc) is 2.45. The van der Waals surface area contributed by atoms with Gasteiger partial charge in [-0.05, 0) is 30.5 Å². The van der Waals surface area contributed by atoms with E-state index in [2.05, 4.69) is 0 Å². The number of piperidine rings is 1. The van der Waals surface area contributed by atoms with E-state index in [0.29, 0.717) is 34.2 Å². The summed E-state index contributed by atoms with van der Waals surface area (Å²) >= 11 is 12.2. The largest absolute Gasteiger partial charge is 0.386 e. The van der Waals surface area contributed by atoms with Crippen LogP contribution in [0.15, 0.2) is 18.2 Å². The van der Waals surface area contributed by atoms with E-state index in [-0.39, 0.29) is 18.3 Å². The molecule has 1 saturated carbocycles. The van der Waals surface area contributed by atoms with Gasteiger partial charge >= 0.3 is 0 Å². The lowest BCUT2D eigenvalue weighted by atomic mass is 9.61. The summed E-state index contributed by atoms with van der Waals surface area (Å²) in [6.07, 6.45) is 2.07. The van der Waals surface area contributed by atoms with Crippen LogP contribution in [0.25, 0.3) is 0 Å². The monoisotopic (exact) mass is 378 g/mol. The van der Waals surface area contributed by atoms with Gasteiger partial charge in [-0.1, -0.05) is 35.7 Å². The van der Waals surface area contributed by atoms with E-state index < -0.39 is 12.0 Å². The summed E-state index contributed by atoms with van der Waals surface area (Å²) in [6.45, 7) is 1.30. The molecule has 1 heterocycles.